The van der Waals surface area contributed by atoms with Crippen molar-refractivity contribution in [3.63, 3.8) is 0 Å². The molecule has 4 rings (SSSR count). The molecular formula is C23H21N7O4. The molecule has 4 aromatic rings. The summed E-state index contributed by atoms with van der Waals surface area (Å²) in [5.74, 6) is -0.145. The van der Waals surface area contributed by atoms with Gasteiger partial charge in [-0.05, 0) is 36.4 Å². The fourth-order valence-corrected chi connectivity index (χ4v) is 3.25. The molecule has 0 radical (unpaired) electrons. The summed E-state index contributed by atoms with van der Waals surface area (Å²) in [4.78, 5) is 49.9. The lowest BCUT2D eigenvalue weighted by atomic mass is 10.2. The molecule has 34 heavy (non-hydrogen) atoms. The first kappa shape index (κ1) is 22.4. The van der Waals surface area contributed by atoms with Crippen LogP contribution >= 0.6 is 0 Å². The summed E-state index contributed by atoms with van der Waals surface area (Å²) >= 11 is 0. The van der Waals surface area contributed by atoms with Crippen LogP contribution in [0.15, 0.2) is 61.2 Å². The summed E-state index contributed by atoms with van der Waals surface area (Å²) in [5, 5.41) is 5.18. The van der Waals surface area contributed by atoms with Gasteiger partial charge in [0.15, 0.2) is 5.65 Å². The second-order valence-corrected chi connectivity index (χ2v) is 7.29. The molecule has 0 aliphatic carbocycles. The average molecular weight is 459 g/mol. The molecule has 11 heteroatoms. The van der Waals surface area contributed by atoms with E-state index in [1.807, 2.05) is 0 Å². The van der Waals surface area contributed by atoms with Gasteiger partial charge in [0.25, 0.3) is 5.91 Å². The quantitative estimate of drug-likeness (QED) is 0.468. The zero-order chi connectivity index (χ0) is 24.2. The molecule has 172 valence electrons. The minimum absolute atomic E-state index is 0.171. The zero-order valence-corrected chi connectivity index (χ0v) is 18.6. The first-order valence-electron chi connectivity index (χ1n) is 10.2. The van der Waals surface area contributed by atoms with Gasteiger partial charge in [0.1, 0.15) is 11.5 Å². The summed E-state index contributed by atoms with van der Waals surface area (Å²) < 4.78 is 6.31. The molecular weight excluding hydrogens is 438 g/mol. The smallest absolute Gasteiger partial charge is 0.412 e. The standard InChI is InChI=1S/C23H21N7O4/c1-14(31)27-16-5-7-17(8-6-16)29(2)22(32)18-13-30-19(11-26-21(30)12-24-18)15-4-9-20(25-10-15)28-23(33)34-3/h4-13H,1-3H3,(H,27,31)(H,25,28,33). The molecule has 3 aromatic heterocycles. The molecule has 3 heterocycles. The van der Waals surface area contributed by atoms with Crippen molar-refractivity contribution in [3.05, 3.63) is 66.9 Å². The van der Waals surface area contributed by atoms with E-state index in [1.165, 1.54) is 25.1 Å². The highest BCUT2D eigenvalue weighted by Gasteiger charge is 2.17. The van der Waals surface area contributed by atoms with Crippen molar-refractivity contribution in [1.82, 2.24) is 19.4 Å². The molecule has 1 aromatic carbocycles. The Kier molecular flexibility index (Phi) is 6.17. The van der Waals surface area contributed by atoms with Gasteiger partial charge in [0.2, 0.25) is 5.91 Å². The van der Waals surface area contributed by atoms with E-state index in [0.717, 1.165) is 5.56 Å². The number of aromatic nitrogens is 4. The van der Waals surface area contributed by atoms with Gasteiger partial charge in [-0.25, -0.2) is 19.7 Å². The normalized spacial score (nSPS) is 10.6. The predicted octanol–water partition coefficient (Wildman–Crippen LogP) is 3.20. The minimum Gasteiger partial charge on any atom is -0.453 e. The van der Waals surface area contributed by atoms with E-state index in [2.05, 4.69) is 30.3 Å². The molecule has 0 fully saturated rings. The van der Waals surface area contributed by atoms with Gasteiger partial charge in [-0.2, -0.15) is 0 Å². The Labute approximate surface area is 194 Å². The zero-order valence-electron chi connectivity index (χ0n) is 18.6. The van der Waals surface area contributed by atoms with Crippen LogP contribution in [-0.4, -0.2) is 51.4 Å². The molecule has 0 bridgehead atoms. The molecule has 2 N–H and O–H groups in total. The van der Waals surface area contributed by atoms with Crippen molar-refractivity contribution in [1.29, 1.82) is 0 Å². The number of amides is 3. The van der Waals surface area contributed by atoms with E-state index in [4.69, 9.17) is 0 Å². The number of fused-ring (bicyclic) bond motifs is 1. The largest absolute Gasteiger partial charge is 0.453 e. The van der Waals surface area contributed by atoms with Crippen LogP contribution in [-0.2, 0) is 9.53 Å². The number of imidazole rings is 1. The van der Waals surface area contributed by atoms with Gasteiger partial charge >= 0.3 is 6.09 Å². The van der Waals surface area contributed by atoms with Gasteiger partial charge in [-0.15, -0.1) is 0 Å². The number of methoxy groups -OCH3 is 1. The summed E-state index contributed by atoms with van der Waals surface area (Å²) in [6, 6.07) is 10.3. The molecule has 0 unspecified atom stereocenters. The monoisotopic (exact) mass is 459 g/mol. The maximum absolute atomic E-state index is 13.1. The van der Waals surface area contributed by atoms with Crippen molar-refractivity contribution < 1.29 is 19.1 Å². The summed E-state index contributed by atoms with van der Waals surface area (Å²) in [5.41, 5.74) is 3.49. The highest BCUT2D eigenvalue weighted by Crippen LogP contribution is 2.23. The number of nitrogens with one attached hydrogen (secondary N) is 2. The lowest BCUT2D eigenvalue weighted by molar-refractivity contribution is -0.114. The Morgan fingerprint density at radius 2 is 1.71 bits per heavy atom. The molecule has 0 aliphatic heterocycles. The third-order valence-electron chi connectivity index (χ3n) is 4.97. The number of carbonyl (C=O) groups excluding carboxylic acids is 3. The number of hydrogen-bond acceptors (Lipinski definition) is 7. The second kappa shape index (κ2) is 9.36. The average Bonchev–Trinajstić information content (AvgIpc) is 3.27. The Bertz CT molecular complexity index is 1360. The van der Waals surface area contributed by atoms with Gasteiger partial charge in [0.05, 0.1) is 25.2 Å². The number of nitrogens with zero attached hydrogens (tertiary/aromatic N) is 5. The predicted molar refractivity (Wildman–Crippen MR) is 126 cm³/mol. The highest BCUT2D eigenvalue weighted by atomic mass is 16.5. The van der Waals surface area contributed by atoms with Crippen molar-refractivity contribution in [2.45, 2.75) is 6.92 Å². The lowest BCUT2D eigenvalue weighted by Crippen LogP contribution is -2.27. The maximum Gasteiger partial charge on any atom is 0.412 e. The maximum atomic E-state index is 13.1. The summed E-state index contributed by atoms with van der Waals surface area (Å²) in [6.45, 7) is 1.43. The number of hydrogen-bond donors (Lipinski definition) is 2. The molecule has 0 saturated heterocycles. The Hall–Kier alpha value is -4.80. The van der Waals surface area contributed by atoms with E-state index in [1.54, 1.807) is 66.4 Å². The summed E-state index contributed by atoms with van der Waals surface area (Å²) in [7, 11) is 2.92. The Balaban J connectivity index is 1.58. The van der Waals surface area contributed by atoms with E-state index in [0.29, 0.717) is 28.5 Å². The number of ether oxygens (including phenoxy) is 1. The van der Waals surface area contributed by atoms with Crippen molar-refractivity contribution >= 4 is 40.7 Å². The van der Waals surface area contributed by atoms with Crippen LogP contribution in [0.5, 0.6) is 0 Å². The fraction of sp³-hybridized carbons (Fsp3) is 0.130. The van der Waals surface area contributed by atoms with Crippen molar-refractivity contribution in [3.8, 4) is 11.3 Å². The van der Waals surface area contributed by atoms with Gasteiger partial charge < -0.3 is 15.0 Å². The molecule has 0 saturated carbocycles. The molecule has 0 aliphatic rings. The minimum atomic E-state index is -0.613. The van der Waals surface area contributed by atoms with Crippen LogP contribution < -0.4 is 15.5 Å². The lowest BCUT2D eigenvalue weighted by Gasteiger charge is -2.17. The first-order chi connectivity index (χ1) is 16.4. The molecule has 3 amide bonds. The van der Waals surface area contributed by atoms with E-state index < -0.39 is 6.09 Å². The van der Waals surface area contributed by atoms with Crippen molar-refractivity contribution in [2.24, 2.45) is 0 Å². The Morgan fingerprint density at radius 3 is 2.35 bits per heavy atom. The Morgan fingerprint density at radius 1 is 0.941 bits per heavy atom. The molecule has 11 nitrogen and oxygen atoms in total. The van der Waals surface area contributed by atoms with Crippen LogP contribution in [0.4, 0.5) is 22.0 Å². The van der Waals surface area contributed by atoms with Crippen LogP contribution in [0.2, 0.25) is 0 Å². The second-order valence-electron chi connectivity index (χ2n) is 7.29. The van der Waals surface area contributed by atoms with E-state index in [-0.39, 0.29) is 17.5 Å². The number of pyridine rings is 1. The summed E-state index contributed by atoms with van der Waals surface area (Å²) in [6.07, 6.45) is 5.76. The van der Waals surface area contributed by atoms with E-state index in [9.17, 15) is 14.4 Å². The number of benzene rings is 1. The number of anilines is 3. The van der Waals surface area contributed by atoms with Crippen LogP contribution in [0.1, 0.15) is 17.4 Å². The third-order valence-corrected chi connectivity index (χ3v) is 4.97. The van der Waals surface area contributed by atoms with Crippen LogP contribution in [0, 0.1) is 0 Å². The van der Waals surface area contributed by atoms with Gasteiger partial charge in [-0.3, -0.25) is 19.3 Å². The van der Waals surface area contributed by atoms with Gasteiger partial charge in [0, 0.05) is 43.3 Å². The van der Waals surface area contributed by atoms with Crippen molar-refractivity contribution in [2.75, 3.05) is 29.7 Å². The SMILES string of the molecule is COC(=O)Nc1ccc(-c2cnc3cnc(C(=O)N(C)c4ccc(NC(C)=O)cc4)cn23)cn1. The fourth-order valence-electron chi connectivity index (χ4n) is 3.25. The topological polar surface area (TPSA) is 131 Å². The van der Waals surface area contributed by atoms with Crippen LogP contribution in [0.25, 0.3) is 16.9 Å². The van der Waals surface area contributed by atoms with E-state index >= 15 is 0 Å². The molecule has 0 spiro atoms. The third kappa shape index (κ3) is 4.67. The highest BCUT2D eigenvalue weighted by molar-refractivity contribution is 6.04. The molecule has 0 atom stereocenters. The van der Waals surface area contributed by atoms with Gasteiger partial charge in [-0.1, -0.05) is 0 Å². The number of rotatable bonds is 5. The number of carbonyl (C=O) groups is 3. The first-order valence-corrected chi connectivity index (χ1v) is 10.2. The van der Waals surface area contributed by atoms with Crippen LogP contribution in [0.3, 0.4) is 0 Å².